The van der Waals surface area contributed by atoms with Crippen LogP contribution in [0.25, 0.3) is 16.6 Å². The van der Waals surface area contributed by atoms with E-state index in [1.807, 2.05) is 55.5 Å². The third-order valence-corrected chi connectivity index (χ3v) is 6.15. The Balaban J connectivity index is 1.41. The van der Waals surface area contributed by atoms with Crippen LogP contribution >= 0.6 is 0 Å². The number of aromatic nitrogens is 4. The van der Waals surface area contributed by atoms with Crippen LogP contribution in [0.2, 0.25) is 0 Å². The van der Waals surface area contributed by atoms with E-state index in [-0.39, 0.29) is 12.6 Å². The summed E-state index contributed by atoms with van der Waals surface area (Å²) in [5, 5.41) is 18.1. The Labute approximate surface area is 214 Å². The van der Waals surface area contributed by atoms with Crippen molar-refractivity contribution >= 4 is 16.9 Å². The van der Waals surface area contributed by atoms with Crippen LogP contribution in [-0.2, 0) is 17.9 Å². The van der Waals surface area contributed by atoms with Crippen molar-refractivity contribution in [1.82, 2.24) is 19.6 Å². The number of hydrogen-bond donors (Lipinski definition) is 0. The minimum Gasteiger partial charge on any atom is -0.487 e. The molecule has 5 rings (SSSR count). The number of hydrogen-bond acceptors (Lipinski definition) is 6. The average molecular weight is 492 g/mol. The zero-order valence-corrected chi connectivity index (χ0v) is 20.6. The number of ether oxygens (including phenoxy) is 2. The molecule has 0 unspecified atom stereocenters. The van der Waals surface area contributed by atoms with Crippen LogP contribution in [0.4, 0.5) is 0 Å². The highest BCUT2D eigenvalue weighted by atomic mass is 16.5. The highest BCUT2D eigenvalue weighted by Crippen LogP contribution is 2.31. The lowest BCUT2D eigenvalue weighted by Gasteiger charge is -2.09. The predicted octanol–water partition coefficient (Wildman–Crippen LogP) is 5.21. The number of nitriles is 1. The van der Waals surface area contributed by atoms with E-state index in [0.717, 1.165) is 27.8 Å². The standard InChI is InChI=1S/C29H25N5O3/c1-3-36-29(35)28-20(2)33(17-22-7-5-4-6-8-22)27-14-13-25(15-26(27)28)37-19-23-18-34(32-31-23)24-11-9-21(16-30)10-12-24/h4-15,18H,3,17,19H2,1-2H3. The topological polar surface area (TPSA) is 95.0 Å². The molecule has 2 aromatic heterocycles. The maximum absolute atomic E-state index is 12.9. The molecule has 0 aliphatic carbocycles. The Bertz CT molecular complexity index is 1590. The van der Waals surface area contributed by atoms with Gasteiger partial charge in [0.2, 0.25) is 0 Å². The van der Waals surface area contributed by atoms with E-state index in [0.29, 0.717) is 35.7 Å². The van der Waals surface area contributed by atoms with Gasteiger partial charge >= 0.3 is 5.97 Å². The van der Waals surface area contributed by atoms with Gasteiger partial charge in [-0.05, 0) is 61.9 Å². The summed E-state index contributed by atoms with van der Waals surface area (Å²) in [6.07, 6.45) is 1.78. The van der Waals surface area contributed by atoms with Crippen molar-refractivity contribution in [1.29, 1.82) is 5.26 Å². The van der Waals surface area contributed by atoms with Gasteiger partial charge in [0, 0.05) is 23.1 Å². The van der Waals surface area contributed by atoms with Gasteiger partial charge in [-0.2, -0.15) is 5.26 Å². The van der Waals surface area contributed by atoms with E-state index in [4.69, 9.17) is 14.7 Å². The monoisotopic (exact) mass is 491 g/mol. The van der Waals surface area contributed by atoms with Crippen molar-refractivity contribution in [2.24, 2.45) is 0 Å². The number of nitrogens with zero attached hydrogens (tertiary/aromatic N) is 5. The van der Waals surface area contributed by atoms with Crippen LogP contribution < -0.4 is 4.74 Å². The Hall–Kier alpha value is -4.90. The summed E-state index contributed by atoms with van der Waals surface area (Å²) >= 11 is 0. The first kappa shape index (κ1) is 23.8. The van der Waals surface area contributed by atoms with Gasteiger partial charge in [0.25, 0.3) is 0 Å². The minimum atomic E-state index is -0.348. The zero-order chi connectivity index (χ0) is 25.8. The fraction of sp³-hybridized carbons (Fsp3) is 0.172. The van der Waals surface area contributed by atoms with Gasteiger partial charge in [-0.25, -0.2) is 9.48 Å². The molecule has 184 valence electrons. The highest BCUT2D eigenvalue weighted by molar-refractivity contribution is 6.06. The van der Waals surface area contributed by atoms with E-state index in [9.17, 15) is 4.79 Å². The number of carbonyl (C=O) groups is 1. The molecule has 8 nitrogen and oxygen atoms in total. The number of rotatable bonds is 8. The summed E-state index contributed by atoms with van der Waals surface area (Å²) in [5.41, 5.74) is 5.50. The summed E-state index contributed by atoms with van der Waals surface area (Å²) in [5.74, 6) is 0.266. The van der Waals surface area contributed by atoms with Crippen LogP contribution in [0, 0.1) is 18.3 Å². The van der Waals surface area contributed by atoms with Crippen molar-refractivity contribution < 1.29 is 14.3 Å². The van der Waals surface area contributed by atoms with E-state index in [1.54, 1.807) is 29.9 Å². The smallest absolute Gasteiger partial charge is 0.340 e. The van der Waals surface area contributed by atoms with E-state index >= 15 is 0 Å². The third kappa shape index (κ3) is 4.93. The first-order chi connectivity index (χ1) is 18.1. The van der Waals surface area contributed by atoms with Gasteiger partial charge < -0.3 is 14.0 Å². The van der Waals surface area contributed by atoms with Crippen molar-refractivity contribution in [2.45, 2.75) is 27.0 Å². The molecule has 0 radical (unpaired) electrons. The van der Waals surface area contributed by atoms with Crippen molar-refractivity contribution in [3.8, 4) is 17.5 Å². The van der Waals surface area contributed by atoms with Crippen LogP contribution in [0.3, 0.4) is 0 Å². The zero-order valence-electron chi connectivity index (χ0n) is 20.6. The SMILES string of the molecule is CCOC(=O)c1c(C)n(Cc2ccccc2)c2ccc(OCc3cn(-c4ccc(C#N)cc4)nn3)cc12. The molecule has 5 aromatic rings. The molecule has 0 amide bonds. The second kappa shape index (κ2) is 10.4. The minimum absolute atomic E-state index is 0.209. The molecule has 0 saturated heterocycles. The fourth-order valence-electron chi connectivity index (χ4n) is 4.32. The van der Waals surface area contributed by atoms with Crippen LogP contribution in [0.1, 0.15) is 39.8 Å². The normalized spacial score (nSPS) is 10.8. The Morgan fingerprint density at radius 1 is 1.05 bits per heavy atom. The number of benzene rings is 3. The maximum atomic E-state index is 12.9. The molecule has 0 aliphatic heterocycles. The van der Waals surface area contributed by atoms with Crippen molar-refractivity contribution in [3.63, 3.8) is 0 Å². The Morgan fingerprint density at radius 2 is 1.84 bits per heavy atom. The van der Waals surface area contributed by atoms with Crippen LogP contribution in [0.5, 0.6) is 5.75 Å². The maximum Gasteiger partial charge on any atom is 0.340 e. The van der Waals surface area contributed by atoms with Gasteiger partial charge in [-0.15, -0.1) is 5.10 Å². The molecule has 0 fully saturated rings. The molecule has 3 aromatic carbocycles. The number of fused-ring (bicyclic) bond motifs is 1. The van der Waals surface area contributed by atoms with Gasteiger partial charge in [0.05, 0.1) is 35.7 Å². The Kier molecular flexibility index (Phi) is 6.68. The van der Waals surface area contributed by atoms with Crippen molar-refractivity contribution in [2.75, 3.05) is 6.61 Å². The summed E-state index contributed by atoms with van der Waals surface area (Å²) < 4.78 is 15.2. The number of esters is 1. The van der Waals surface area contributed by atoms with Gasteiger partial charge in [-0.3, -0.25) is 0 Å². The lowest BCUT2D eigenvalue weighted by molar-refractivity contribution is 0.0527. The molecular weight excluding hydrogens is 466 g/mol. The second-order valence-corrected chi connectivity index (χ2v) is 8.53. The highest BCUT2D eigenvalue weighted by Gasteiger charge is 2.22. The van der Waals surface area contributed by atoms with E-state index in [1.165, 1.54) is 0 Å². The molecule has 0 spiro atoms. The van der Waals surface area contributed by atoms with Crippen LogP contribution in [0.15, 0.2) is 79.0 Å². The van der Waals surface area contributed by atoms with Gasteiger partial charge in [-0.1, -0.05) is 35.5 Å². The molecule has 0 aliphatic rings. The fourth-order valence-corrected chi connectivity index (χ4v) is 4.32. The number of carbonyl (C=O) groups excluding carboxylic acids is 1. The molecule has 8 heteroatoms. The second-order valence-electron chi connectivity index (χ2n) is 8.53. The first-order valence-electron chi connectivity index (χ1n) is 12.0. The van der Waals surface area contributed by atoms with Crippen LogP contribution in [-0.4, -0.2) is 32.1 Å². The molecule has 0 atom stereocenters. The first-order valence-corrected chi connectivity index (χ1v) is 12.0. The quantitative estimate of drug-likeness (QED) is 0.277. The summed E-state index contributed by atoms with van der Waals surface area (Å²) in [7, 11) is 0. The molecular formula is C29H25N5O3. The Morgan fingerprint density at radius 3 is 2.57 bits per heavy atom. The molecule has 0 N–H and O–H groups in total. The largest absolute Gasteiger partial charge is 0.487 e. The lowest BCUT2D eigenvalue weighted by atomic mass is 10.1. The summed E-state index contributed by atoms with van der Waals surface area (Å²) in [4.78, 5) is 12.9. The summed E-state index contributed by atoms with van der Waals surface area (Å²) in [6.45, 7) is 4.89. The summed E-state index contributed by atoms with van der Waals surface area (Å²) in [6, 6.07) is 25.1. The van der Waals surface area contributed by atoms with E-state index in [2.05, 4.69) is 33.1 Å². The van der Waals surface area contributed by atoms with Gasteiger partial charge in [0.15, 0.2) is 0 Å². The lowest BCUT2D eigenvalue weighted by Crippen LogP contribution is -2.08. The average Bonchev–Trinajstić information content (AvgIpc) is 3.51. The van der Waals surface area contributed by atoms with E-state index < -0.39 is 0 Å². The molecule has 37 heavy (non-hydrogen) atoms. The molecule has 2 heterocycles. The molecule has 0 saturated carbocycles. The third-order valence-electron chi connectivity index (χ3n) is 6.15. The van der Waals surface area contributed by atoms with Gasteiger partial charge in [0.1, 0.15) is 18.1 Å². The van der Waals surface area contributed by atoms with Crippen molar-refractivity contribution in [3.05, 3.63) is 107 Å². The molecule has 0 bridgehead atoms. The predicted molar refractivity (Wildman–Crippen MR) is 139 cm³/mol.